The molecule has 0 radical (unpaired) electrons. The van der Waals surface area contributed by atoms with Gasteiger partial charge in [-0.05, 0) is 25.1 Å². The van der Waals surface area contributed by atoms with Gasteiger partial charge in [0.05, 0.1) is 6.61 Å². The van der Waals surface area contributed by atoms with E-state index in [2.05, 4.69) is 5.32 Å². The first kappa shape index (κ1) is 13.8. The maximum absolute atomic E-state index is 11.7. The van der Waals surface area contributed by atoms with Crippen LogP contribution in [0.3, 0.4) is 0 Å². The van der Waals surface area contributed by atoms with E-state index >= 15 is 0 Å². The van der Waals surface area contributed by atoms with Gasteiger partial charge >= 0.3 is 5.97 Å². The van der Waals surface area contributed by atoms with E-state index in [9.17, 15) is 9.59 Å². The molecule has 3 N–H and O–H groups in total. The molecule has 0 heterocycles. The van der Waals surface area contributed by atoms with Crippen molar-refractivity contribution in [2.45, 2.75) is 6.92 Å². The van der Waals surface area contributed by atoms with Crippen LogP contribution in [0.2, 0.25) is 0 Å². The fourth-order valence-electron chi connectivity index (χ4n) is 1.26. The molecule has 0 spiro atoms. The molecule has 0 aromatic heterocycles. The number of nitrogens with one attached hydrogen (secondary N) is 1. The number of carbonyl (C=O) groups excluding carboxylic acids is 2. The maximum atomic E-state index is 11.7. The Balaban J connectivity index is 2.89. The molecule has 0 aliphatic heterocycles. The Kier molecular flexibility index (Phi) is 4.98. The molecule has 0 fully saturated rings. The molecular weight excluding hydrogens is 236 g/mol. The first-order chi connectivity index (χ1) is 8.58. The summed E-state index contributed by atoms with van der Waals surface area (Å²) in [5.41, 5.74) is 6.23. The zero-order valence-electron chi connectivity index (χ0n) is 10.4. The molecule has 0 saturated carbocycles. The van der Waals surface area contributed by atoms with Gasteiger partial charge in [0.25, 0.3) is 5.91 Å². The van der Waals surface area contributed by atoms with Crippen LogP contribution in [0.5, 0.6) is 5.75 Å². The van der Waals surface area contributed by atoms with Crippen LogP contribution in [-0.2, 0) is 9.53 Å². The van der Waals surface area contributed by atoms with Gasteiger partial charge in [0.1, 0.15) is 11.3 Å². The monoisotopic (exact) mass is 252 g/mol. The molecule has 0 bridgehead atoms. The standard InChI is InChI=1S/C12H16N2O4/c1-3-17-12(16)9-6-8(13)4-5-10(9)18-7-11(15)14-2/h4-6H,3,7,13H2,1-2H3,(H,14,15). The average molecular weight is 252 g/mol. The van der Waals surface area contributed by atoms with Crippen molar-refractivity contribution in [3.8, 4) is 5.75 Å². The van der Waals surface area contributed by atoms with Crippen LogP contribution in [0.25, 0.3) is 0 Å². The summed E-state index contributed by atoms with van der Waals surface area (Å²) >= 11 is 0. The number of rotatable bonds is 5. The number of ether oxygens (including phenoxy) is 2. The number of nitrogen functional groups attached to an aromatic ring is 1. The predicted molar refractivity (Wildman–Crippen MR) is 66.4 cm³/mol. The van der Waals surface area contributed by atoms with Crippen molar-refractivity contribution < 1.29 is 19.1 Å². The van der Waals surface area contributed by atoms with Crippen LogP contribution in [0.4, 0.5) is 5.69 Å². The fourth-order valence-corrected chi connectivity index (χ4v) is 1.26. The smallest absolute Gasteiger partial charge is 0.341 e. The van der Waals surface area contributed by atoms with Crippen molar-refractivity contribution in [3.63, 3.8) is 0 Å². The first-order valence-corrected chi connectivity index (χ1v) is 5.48. The van der Waals surface area contributed by atoms with Gasteiger partial charge in [0, 0.05) is 12.7 Å². The predicted octanol–water partition coefficient (Wildman–Crippen LogP) is 0.570. The minimum absolute atomic E-state index is 0.174. The van der Waals surface area contributed by atoms with Gasteiger partial charge in [-0.15, -0.1) is 0 Å². The third-order valence-electron chi connectivity index (χ3n) is 2.14. The van der Waals surface area contributed by atoms with E-state index in [1.165, 1.54) is 19.2 Å². The normalized spacial score (nSPS) is 9.67. The number of hydrogen-bond acceptors (Lipinski definition) is 5. The van der Waals surface area contributed by atoms with E-state index in [1.807, 2.05) is 0 Å². The largest absolute Gasteiger partial charge is 0.483 e. The number of hydrogen-bond donors (Lipinski definition) is 2. The number of carbonyl (C=O) groups is 2. The molecule has 1 rings (SSSR count). The number of likely N-dealkylation sites (N-methyl/N-ethyl adjacent to an activating group) is 1. The lowest BCUT2D eigenvalue weighted by atomic mass is 10.2. The van der Waals surface area contributed by atoms with Gasteiger partial charge in [-0.25, -0.2) is 4.79 Å². The third-order valence-corrected chi connectivity index (χ3v) is 2.14. The highest BCUT2D eigenvalue weighted by atomic mass is 16.5. The molecule has 1 amide bonds. The molecule has 6 heteroatoms. The lowest BCUT2D eigenvalue weighted by molar-refractivity contribution is -0.122. The number of amides is 1. The molecule has 0 aliphatic carbocycles. The summed E-state index contributed by atoms with van der Waals surface area (Å²) < 4.78 is 10.1. The highest BCUT2D eigenvalue weighted by molar-refractivity contribution is 5.93. The molecule has 0 atom stereocenters. The molecule has 6 nitrogen and oxygen atoms in total. The van der Waals surface area contributed by atoms with Crippen LogP contribution < -0.4 is 15.8 Å². The average Bonchev–Trinajstić information content (AvgIpc) is 2.37. The number of anilines is 1. The number of benzene rings is 1. The number of nitrogens with two attached hydrogens (primary N) is 1. The Morgan fingerprint density at radius 3 is 2.72 bits per heavy atom. The minimum atomic E-state index is -0.531. The summed E-state index contributed by atoms with van der Waals surface area (Å²) in [6.45, 7) is 1.78. The molecule has 1 aromatic rings. The zero-order valence-corrected chi connectivity index (χ0v) is 10.4. The van der Waals surface area contributed by atoms with Crippen molar-refractivity contribution >= 4 is 17.6 Å². The van der Waals surface area contributed by atoms with E-state index in [0.29, 0.717) is 5.69 Å². The van der Waals surface area contributed by atoms with Crippen LogP contribution in [0, 0.1) is 0 Å². The molecular formula is C12H16N2O4. The van der Waals surface area contributed by atoms with Crippen LogP contribution in [0.15, 0.2) is 18.2 Å². The molecule has 1 aromatic carbocycles. The van der Waals surface area contributed by atoms with Crippen molar-refractivity contribution in [3.05, 3.63) is 23.8 Å². The number of esters is 1. The van der Waals surface area contributed by atoms with E-state index in [4.69, 9.17) is 15.2 Å². The van der Waals surface area contributed by atoms with Gasteiger partial charge < -0.3 is 20.5 Å². The van der Waals surface area contributed by atoms with E-state index < -0.39 is 5.97 Å². The maximum Gasteiger partial charge on any atom is 0.341 e. The van der Waals surface area contributed by atoms with Crippen LogP contribution in [0.1, 0.15) is 17.3 Å². The van der Waals surface area contributed by atoms with Gasteiger partial charge in [-0.2, -0.15) is 0 Å². The van der Waals surface area contributed by atoms with Gasteiger partial charge in [0.2, 0.25) is 0 Å². The van der Waals surface area contributed by atoms with Gasteiger partial charge in [-0.3, -0.25) is 4.79 Å². The highest BCUT2D eigenvalue weighted by Crippen LogP contribution is 2.22. The quantitative estimate of drug-likeness (QED) is 0.590. The highest BCUT2D eigenvalue weighted by Gasteiger charge is 2.15. The minimum Gasteiger partial charge on any atom is -0.483 e. The lowest BCUT2D eigenvalue weighted by Gasteiger charge is -2.10. The molecule has 18 heavy (non-hydrogen) atoms. The van der Waals surface area contributed by atoms with Crippen molar-refractivity contribution in [1.29, 1.82) is 0 Å². The fraction of sp³-hybridized carbons (Fsp3) is 0.333. The van der Waals surface area contributed by atoms with Crippen LogP contribution >= 0.6 is 0 Å². The summed E-state index contributed by atoms with van der Waals surface area (Å²) in [6.07, 6.45) is 0. The Morgan fingerprint density at radius 2 is 2.11 bits per heavy atom. The molecule has 98 valence electrons. The van der Waals surface area contributed by atoms with E-state index in [0.717, 1.165) is 0 Å². The van der Waals surface area contributed by atoms with Crippen molar-refractivity contribution in [1.82, 2.24) is 5.32 Å². The van der Waals surface area contributed by atoms with Crippen molar-refractivity contribution in [2.24, 2.45) is 0 Å². The first-order valence-electron chi connectivity index (χ1n) is 5.48. The Bertz CT molecular complexity index is 446. The summed E-state index contributed by atoms with van der Waals surface area (Å²) in [4.78, 5) is 22.8. The third kappa shape index (κ3) is 3.65. The second-order valence-corrected chi connectivity index (χ2v) is 3.44. The van der Waals surface area contributed by atoms with E-state index in [-0.39, 0.29) is 30.4 Å². The second kappa shape index (κ2) is 6.48. The summed E-state index contributed by atoms with van der Waals surface area (Å²) in [5, 5.41) is 2.42. The topological polar surface area (TPSA) is 90.7 Å². The van der Waals surface area contributed by atoms with Gasteiger partial charge in [-0.1, -0.05) is 0 Å². The van der Waals surface area contributed by atoms with Crippen molar-refractivity contribution in [2.75, 3.05) is 26.0 Å². The second-order valence-electron chi connectivity index (χ2n) is 3.44. The van der Waals surface area contributed by atoms with E-state index in [1.54, 1.807) is 13.0 Å². The molecule has 0 unspecified atom stereocenters. The molecule has 0 saturated heterocycles. The zero-order chi connectivity index (χ0) is 13.5. The lowest BCUT2D eigenvalue weighted by Crippen LogP contribution is -2.25. The van der Waals surface area contributed by atoms with Crippen LogP contribution in [-0.4, -0.2) is 32.1 Å². The Labute approximate surface area is 105 Å². The molecule has 0 aliphatic rings. The Morgan fingerprint density at radius 1 is 1.39 bits per heavy atom. The SMILES string of the molecule is CCOC(=O)c1cc(N)ccc1OCC(=O)NC. The Hall–Kier alpha value is -2.24. The summed E-state index contributed by atoms with van der Waals surface area (Å²) in [7, 11) is 1.50. The summed E-state index contributed by atoms with van der Waals surface area (Å²) in [6, 6.07) is 4.57. The summed E-state index contributed by atoms with van der Waals surface area (Å²) in [5.74, 6) is -0.551. The van der Waals surface area contributed by atoms with Gasteiger partial charge in [0.15, 0.2) is 6.61 Å².